The lowest BCUT2D eigenvalue weighted by Gasteiger charge is -2.41. The van der Waals surface area contributed by atoms with Crippen LogP contribution in [0, 0.1) is 5.82 Å². The molecule has 106 valence electrons. The summed E-state index contributed by atoms with van der Waals surface area (Å²) in [6, 6.07) is 5.37. The fraction of sp³-hybridized carbons (Fsp3) is 0.600. The van der Waals surface area contributed by atoms with E-state index in [2.05, 4.69) is 23.8 Å². The summed E-state index contributed by atoms with van der Waals surface area (Å²) < 4.78 is 13.4. The topological polar surface area (TPSA) is 32.5 Å². The van der Waals surface area contributed by atoms with Crippen LogP contribution in [0.1, 0.15) is 31.9 Å². The van der Waals surface area contributed by atoms with Gasteiger partial charge in [0.2, 0.25) is 0 Å². The largest absolute Gasteiger partial charge is 0.368 e. The Kier molecular flexibility index (Phi) is 4.42. The minimum absolute atomic E-state index is 0.148. The van der Waals surface area contributed by atoms with E-state index >= 15 is 0 Å². The van der Waals surface area contributed by atoms with Crippen molar-refractivity contribution in [1.82, 2.24) is 4.90 Å². The summed E-state index contributed by atoms with van der Waals surface area (Å²) in [6.07, 6.45) is 1.13. The number of nitrogens with zero attached hydrogens (tertiary/aromatic N) is 2. The molecule has 3 nitrogen and oxygen atoms in total. The first-order chi connectivity index (χ1) is 9.02. The van der Waals surface area contributed by atoms with Crippen molar-refractivity contribution in [2.45, 2.75) is 32.4 Å². The van der Waals surface area contributed by atoms with Crippen LogP contribution in [0.3, 0.4) is 0 Å². The smallest absolute Gasteiger partial charge is 0.123 e. The number of benzene rings is 1. The first-order valence-electron chi connectivity index (χ1n) is 7.03. The zero-order valence-electron chi connectivity index (χ0n) is 12.1. The Labute approximate surface area is 115 Å². The van der Waals surface area contributed by atoms with Gasteiger partial charge in [0.1, 0.15) is 5.82 Å². The number of piperazine rings is 1. The Morgan fingerprint density at radius 1 is 1.42 bits per heavy atom. The van der Waals surface area contributed by atoms with E-state index in [1.165, 1.54) is 6.07 Å². The Balaban J connectivity index is 2.26. The average molecular weight is 265 g/mol. The van der Waals surface area contributed by atoms with Gasteiger partial charge in [-0.15, -0.1) is 0 Å². The van der Waals surface area contributed by atoms with Gasteiger partial charge in [0.05, 0.1) is 0 Å². The first-order valence-corrected chi connectivity index (χ1v) is 7.03. The Bertz CT molecular complexity index is 433. The van der Waals surface area contributed by atoms with Crippen LogP contribution in [0.2, 0.25) is 0 Å². The molecular weight excluding hydrogens is 241 g/mol. The third-order valence-electron chi connectivity index (χ3n) is 4.07. The van der Waals surface area contributed by atoms with Crippen LogP contribution in [0.4, 0.5) is 10.1 Å². The van der Waals surface area contributed by atoms with E-state index < -0.39 is 0 Å². The minimum Gasteiger partial charge on any atom is -0.368 e. The predicted octanol–water partition coefficient (Wildman–Crippen LogP) is 2.38. The molecule has 1 aromatic carbocycles. The lowest BCUT2D eigenvalue weighted by molar-refractivity contribution is 0.213. The standard InChI is InChI=1S/C15H24FN3/c1-4-13-10-19(8-7-18(13)3)15-6-5-12(16)9-14(15)11(2)17/h5-6,9,11,13H,4,7-8,10,17H2,1-3H3/t11-,13?/m0/s1. The van der Waals surface area contributed by atoms with Crippen molar-refractivity contribution in [3.05, 3.63) is 29.6 Å². The summed E-state index contributed by atoms with van der Waals surface area (Å²) in [4.78, 5) is 4.73. The molecular formula is C15H24FN3. The van der Waals surface area contributed by atoms with Gasteiger partial charge < -0.3 is 10.6 Å². The Morgan fingerprint density at radius 3 is 2.79 bits per heavy atom. The highest BCUT2D eigenvalue weighted by Crippen LogP contribution is 2.28. The molecule has 1 aliphatic heterocycles. The van der Waals surface area contributed by atoms with Crippen LogP contribution < -0.4 is 10.6 Å². The van der Waals surface area contributed by atoms with E-state index in [-0.39, 0.29) is 11.9 Å². The zero-order valence-corrected chi connectivity index (χ0v) is 12.1. The molecule has 1 saturated heterocycles. The molecule has 19 heavy (non-hydrogen) atoms. The van der Waals surface area contributed by atoms with E-state index in [0.29, 0.717) is 6.04 Å². The van der Waals surface area contributed by atoms with Crippen molar-refractivity contribution in [2.24, 2.45) is 5.73 Å². The average Bonchev–Trinajstić information content (AvgIpc) is 2.39. The number of anilines is 1. The summed E-state index contributed by atoms with van der Waals surface area (Å²) in [5, 5.41) is 0. The maximum absolute atomic E-state index is 13.4. The molecule has 1 unspecified atom stereocenters. The molecule has 1 aliphatic rings. The van der Waals surface area contributed by atoms with E-state index in [4.69, 9.17) is 5.73 Å². The van der Waals surface area contributed by atoms with Gasteiger partial charge >= 0.3 is 0 Å². The summed E-state index contributed by atoms with van der Waals surface area (Å²) in [5.41, 5.74) is 7.97. The summed E-state index contributed by atoms with van der Waals surface area (Å²) in [6.45, 7) is 7.11. The molecule has 0 saturated carbocycles. The van der Waals surface area contributed by atoms with Crippen LogP contribution in [-0.2, 0) is 0 Å². The molecule has 0 amide bonds. The Morgan fingerprint density at radius 2 is 2.16 bits per heavy atom. The molecule has 0 spiro atoms. The molecule has 1 fully saturated rings. The van der Waals surface area contributed by atoms with Gasteiger partial charge in [-0.2, -0.15) is 0 Å². The molecule has 0 aliphatic carbocycles. The zero-order chi connectivity index (χ0) is 14.0. The lowest BCUT2D eigenvalue weighted by Crippen LogP contribution is -2.51. The Hall–Kier alpha value is -1.13. The number of nitrogens with two attached hydrogens (primary N) is 1. The van der Waals surface area contributed by atoms with Gasteiger partial charge in [-0.25, -0.2) is 4.39 Å². The van der Waals surface area contributed by atoms with Gasteiger partial charge in [-0.05, 0) is 44.2 Å². The highest BCUT2D eigenvalue weighted by Gasteiger charge is 2.25. The summed E-state index contributed by atoms with van der Waals surface area (Å²) >= 11 is 0. The summed E-state index contributed by atoms with van der Waals surface area (Å²) in [7, 11) is 2.17. The quantitative estimate of drug-likeness (QED) is 0.910. The van der Waals surface area contributed by atoms with Crippen molar-refractivity contribution in [3.8, 4) is 0 Å². The highest BCUT2D eigenvalue weighted by atomic mass is 19.1. The van der Waals surface area contributed by atoms with E-state index in [9.17, 15) is 4.39 Å². The van der Waals surface area contributed by atoms with Crippen LogP contribution in [0.15, 0.2) is 18.2 Å². The number of likely N-dealkylation sites (N-methyl/N-ethyl adjacent to an activating group) is 1. The fourth-order valence-corrected chi connectivity index (χ4v) is 2.78. The van der Waals surface area contributed by atoms with Crippen LogP contribution in [-0.4, -0.2) is 37.6 Å². The van der Waals surface area contributed by atoms with E-state index in [1.807, 2.05) is 13.0 Å². The van der Waals surface area contributed by atoms with Crippen LogP contribution in [0.5, 0.6) is 0 Å². The second-order valence-corrected chi connectivity index (χ2v) is 5.48. The number of halogens is 1. The highest BCUT2D eigenvalue weighted by molar-refractivity contribution is 5.55. The maximum atomic E-state index is 13.4. The monoisotopic (exact) mass is 265 g/mol. The second-order valence-electron chi connectivity index (χ2n) is 5.48. The molecule has 1 aromatic rings. The maximum Gasteiger partial charge on any atom is 0.123 e. The predicted molar refractivity (Wildman–Crippen MR) is 77.9 cm³/mol. The molecule has 0 bridgehead atoms. The molecule has 2 rings (SSSR count). The molecule has 2 N–H and O–H groups in total. The van der Waals surface area contributed by atoms with E-state index in [0.717, 1.165) is 37.3 Å². The molecule has 4 heteroatoms. The minimum atomic E-state index is -0.211. The molecule has 2 atom stereocenters. The van der Waals surface area contributed by atoms with E-state index in [1.54, 1.807) is 6.07 Å². The van der Waals surface area contributed by atoms with Crippen LogP contribution in [0.25, 0.3) is 0 Å². The van der Waals surface area contributed by atoms with Gasteiger partial charge in [-0.3, -0.25) is 4.90 Å². The number of rotatable bonds is 3. The molecule has 0 aromatic heterocycles. The van der Waals surface area contributed by atoms with Gasteiger partial charge in [0, 0.05) is 37.4 Å². The van der Waals surface area contributed by atoms with Crippen molar-refractivity contribution < 1.29 is 4.39 Å². The van der Waals surface area contributed by atoms with Crippen LogP contribution >= 0.6 is 0 Å². The third kappa shape index (κ3) is 3.07. The van der Waals surface area contributed by atoms with Gasteiger partial charge in [0.15, 0.2) is 0 Å². The van der Waals surface area contributed by atoms with Crippen molar-refractivity contribution >= 4 is 5.69 Å². The first kappa shape index (κ1) is 14.3. The molecule has 1 heterocycles. The van der Waals surface area contributed by atoms with Gasteiger partial charge in [0.25, 0.3) is 0 Å². The second kappa shape index (κ2) is 5.88. The van der Waals surface area contributed by atoms with Crippen molar-refractivity contribution in [3.63, 3.8) is 0 Å². The number of hydrogen-bond donors (Lipinski definition) is 1. The normalized spacial score (nSPS) is 22.6. The SMILES string of the molecule is CCC1CN(c2ccc(F)cc2[C@H](C)N)CCN1C. The van der Waals surface area contributed by atoms with Gasteiger partial charge in [-0.1, -0.05) is 6.92 Å². The summed E-state index contributed by atoms with van der Waals surface area (Å²) in [5.74, 6) is -0.211. The van der Waals surface area contributed by atoms with Crippen molar-refractivity contribution in [2.75, 3.05) is 31.6 Å². The number of hydrogen-bond acceptors (Lipinski definition) is 3. The third-order valence-corrected chi connectivity index (χ3v) is 4.07. The lowest BCUT2D eigenvalue weighted by atomic mass is 10.0. The van der Waals surface area contributed by atoms with Crippen molar-refractivity contribution in [1.29, 1.82) is 0 Å². The fourth-order valence-electron chi connectivity index (χ4n) is 2.78. The molecule has 0 radical (unpaired) electrons.